The third kappa shape index (κ3) is 3.04. The molecule has 1 amide bonds. The van der Waals surface area contributed by atoms with Crippen LogP contribution in [0.25, 0.3) is 0 Å². The van der Waals surface area contributed by atoms with Crippen LogP contribution in [0.5, 0.6) is 0 Å². The number of hydrogen-bond acceptors (Lipinski definition) is 2. The van der Waals surface area contributed by atoms with Crippen LogP contribution in [-0.2, 0) is 4.79 Å². The second kappa shape index (κ2) is 6.32. The molecule has 2 aromatic rings. The fourth-order valence-corrected chi connectivity index (χ4v) is 2.84. The number of amides is 1. The summed E-state index contributed by atoms with van der Waals surface area (Å²) in [6.07, 6.45) is 1.97. The topological polar surface area (TPSA) is 32.3 Å². The minimum absolute atomic E-state index is 0.0809. The van der Waals surface area contributed by atoms with Crippen LogP contribution in [0.3, 0.4) is 0 Å². The van der Waals surface area contributed by atoms with Crippen LogP contribution in [0.2, 0.25) is 0 Å². The van der Waals surface area contributed by atoms with E-state index in [1.54, 1.807) is 0 Å². The SMILES string of the molecule is Cc1ccc(N(C(=O)[C@H]2CCCN2)c2ccc(C)cc2)cc1. The van der Waals surface area contributed by atoms with Gasteiger partial charge in [0.25, 0.3) is 0 Å². The average Bonchev–Trinajstić information content (AvgIpc) is 3.05. The molecule has 1 saturated heterocycles. The summed E-state index contributed by atoms with van der Waals surface area (Å²) < 4.78 is 0. The standard InChI is InChI=1S/C19H22N2O/c1-14-5-9-16(10-6-14)21(17-11-7-15(2)8-12-17)19(22)18-4-3-13-20-18/h5-12,18,20H,3-4,13H2,1-2H3/t18-/m1/s1. The minimum atomic E-state index is -0.0809. The fraction of sp³-hybridized carbons (Fsp3) is 0.316. The first-order valence-electron chi connectivity index (χ1n) is 7.86. The lowest BCUT2D eigenvalue weighted by molar-refractivity contribution is -0.119. The van der Waals surface area contributed by atoms with Gasteiger partial charge in [0.1, 0.15) is 0 Å². The van der Waals surface area contributed by atoms with E-state index in [0.717, 1.165) is 30.8 Å². The molecule has 0 unspecified atom stereocenters. The Balaban J connectivity index is 1.99. The second-order valence-electron chi connectivity index (χ2n) is 5.99. The summed E-state index contributed by atoms with van der Waals surface area (Å²) in [5.41, 5.74) is 4.24. The highest BCUT2D eigenvalue weighted by molar-refractivity contribution is 6.03. The van der Waals surface area contributed by atoms with E-state index in [9.17, 15) is 4.79 Å². The largest absolute Gasteiger partial charge is 0.306 e. The minimum Gasteiger partial charge on any atom is -0.306 e. The maximum Gasteiger partial charge on any atom is 0.248 e. The van der Waals surface area contributed by atoms with Crippen LogP contribution in [-0.4, -0.2) is 18.5 Å². The van der Waals surface area contributed by atoms with Crippen molar-refractivity contribution in [2.24, 2.45) is 0 Å². The molecule has 0 aliphatic carbocycles. The smallest absolute Gasteiger partial charge is 0.248 e. The van der Waals surface area contributed by atoms with Gasteiger partial charge in [-0.3, -0.25) is 9.69 Å². The molecule has 3 heteroatoms. The summed E-state index contributed by atoms with van der Waals surface area (Å²) >= 11 is 0. The fourth-order valence-electron chi connectivity index (χ4n) is 2.84. The number of aryl methyl sites for hydroxylation is 2. The van der Waals surface area contributed by atoms with Gasteiger partial charge in [0, 0.05) is 11.4 Å². The molecule has 1 aliphatic rings. The molecule has 1 N–H and O–H groups in total. The lowest BCUT2D eigenvalue weighted by Crippen LogP contribution is -2.41. The van der Waals surface area contributed by atoms with Crippen molar-refractivity contribution in [3.05, 3.63) is 59.7 Å². The molecule has 0 aromatic heterocycles. The molecule has 1 atom stereocenters. The van der Waals surface area contributed by atoms with Crippen molar-refractivity contribution in [2.75, 3.05) is 11.4 Å². The normalized spacial score (nSPS) is 17.5. The average molecular weight is 294 g/mol. The van der Waals surface area contributed by atoms with Crippen molar-refractivity contribution in [3.63, 3.8) is 0 Å². The molecule has 1 heterocycles. The van der Waals surface area contributed by atoms with Crippen LogP contribution in [0, 0.1) is 13.8 Å². The number of carbonyl (C=O) groups is 1. The van der Waals surface area contributed by atoms with Gasteiger partial charge in [-0.05, 0) is 57.5 Å². The zero-order valence-corrected chi connectivity index (χ0v) is 13.2. The molecule has 0 radical (unpaired) electrons. The highest BCUT2D eigenvalue weighted by Gasteiger charge is 2.28. The van der Waals surface area contributed by atoms with Crippen LogP contribution >= 0.6 is 0 Å². The number of rotatable bonds is 3. The molecule has 0 saturated carbocycles. The predicted octanol–water partition coefficient (Wildman–Crippen LogP) is 3.72. The molecular formula is C19H22N2O. The Morgan fingerprint density at radius 2 is 1.45 bits per heavy atom. The number of anilines is 2. The molecule has 3 nitrogen and oxygen atoms in total. The van der Waals surface area contributed by atoms with Crippen molar-refractivity contribution >= 4 is 17.3 Å². The van der Waals surface area contributed by atoms with Crippen molar-refractivity contribution in [1.82, 2.24) is 5.32 Å². The molecule has 1 fully saturated rings. The lowest BCUT2D eigenvalue weighted by Gasteiger charge is -2.26. The zero-order chi connectivity index (χ0) is 15.5. The van der Waals surface area contributed by atoms with Gasteiger partial charge in [-0.2, -0.15) is 0 Å². The molecule has 114 valence electrons. The Labute approximate surface area is 132 Å². The molecule has 3 rings (SSSR count). The van der Waals surface area contributed by atoms with Gasteiger partial charge in [0.15, 0.2) is 0 Å². The van der Waals surface area contributed by atoms with Crippen LogP contribution in [0.1, 0.15) is 24.0 Å². The first kappa shape index (κ1) is 14.8. The van der Waals surface area contributed by atoms with Crippen molar-refractivity contribution in [3.8, 4) is 0 Å². The Hall–Kier alpha value is -2.13. The third-order valence-corrected chi connectivity index (χ3v) is 4.16. The predicted molar refractivity (Wildman–Crippen MR) is 90.5 cm³/mol. The summed E-state index contributed by atoms with van der Waals surface area (Å²) in [5.74, 6) is 0.130. The Bertz CT molecular complexity index is 595. The van der Waals surface area contributed by atoms with E-state index in [1.165, 1.54) is 11.1 Å². The molecule has 1 aliphatic heterocycles. The second-order valence-corrected chi connectivity index (χ2v) is 5.99. The molecule has 2 aromatic carbocycles. The van der Waals surface area contributed by atoms with Crippen LogP contribution in [0.4, 0.5) is 11.4 Å². The van der Waals surface area contributed by atoms with E-state index in [-0.39, 0.29) is 11.9 Å². The Morgan fingerprint density at radius 3 is 1.86 bits per heavy atom. The number of nitrogens with zero attached hydrogens (tertiary/aromatic N) is 1. The number of hydrogen-bond donors (Lipinski definition) is 1. The molecular weight excluding hydrogens is 272 g/mol. The number of nitrogens with one attached hydrogen (secondary N) is 1. The van der Waals surface area contributed by atoms with E-state index < -0.39 is 0 Å². The quantitative estimate of drug-likeness (QED) is 0.935. The van der Waals surface area contributed by atoms with Crippen molar-refractivity contribution < 1.29 is 4.79 Å². The van der Waals surface area contributed by atoms with Gasteiger partial charge in [-0.1, -0.05) is 35.4 Å². The van der Waals surface area contributed by atoms with Crippen LogP contribution in [0.15, 0.2) is 48.5 Å². The number of benzene rings is 2. The van der Waals surface area contributed by atoms with E-state index in [0.29, 0.717) is 0 Å². The maximum absolute atomic E-state index is 13.0. The highest BCUT2D eigenvalue weighted by Crippen LogP contribution is 2.28. The third-order valence-electron chi connectivity index (χ3n) is 4.16. The van der Waals surface area contributed by atoms with Gasteiger partial charge >= 0.3 is 0 Å². The molecule has 22 heavy (non-hydrogen) atoms. The maximum atomic E-state index is 13.0. The zero-order valence-electron chi connectivity index (χ0n) is 13.2. The summed E-state index contributed by atoms with van der Waals surface area (Å²) in [4.78, 5) is 14.8. The van der Waals surface area contributed by atoms with Crippen LogP contribution < -0.4 is 10.2 Å². The molecule has 0 bridgehead atoms. The Morgan fingerprint density at radius 1 is 0.955 bits per heavy atom. The molecule has 0 spiro atoms. The number of carbonyl (C=O) groups excluding carboxylic acids is 1. The first-order valence-corrected chi connectivity index (χ1v) is 7.86. The summed E-state index contributed by atoms with van der Waals surface area (Å²) in [6.45, 7) is 5.03. The lowest BCUT2D eigenvalue weighted by atomic mass is 10.1. The summed E-state index contributed by atoms with van der Waals surface area (Å²) in [7, 11) is 0. The van der Waals surface area contributed by atoms with E-state index in [2.05, 4.69) is 19.2 Å². The van der Waals surface area contributed by atoms with E-state index >= 15 is 0 Å². The van der Waals surface area contributed by atoms with Gasteiger partial charge < -0.3 is 5.32 Å². The van der Waals surface area contributed by atoms with Gasteiger partial charge in [0.05, 0.1) is 6.04 Å². The van der Waals surface area contributed by atoms with Gasteiger partial charge in [0.2, 0.25) is 5.91 Å². The summed E-state index contributed by atoms with van der Waals surface area (Å²) in [6, 6.07) is 16.2. The van der Waals surface area contributed by atoms with Gasteiger partial charge in [-0.25, -0.2) is 0 Å². The highest BCUT2D eigenvalue weighted by atomic mass is 16.2. The summed E-state index contributed by atoms with van der Waals surface area (Å²) in [5, 5.41) is 3.31. The Kier molecular flexibility index (Phi) is 4.25. The monoisotopic (exact) mass is 294 g/mol. The first-order chi connectivity index (χ1) is 10.6. The van der Waals surface area contributed by atoms with E-state index in [1.807, 2.05) is 53.4 Å². The van der Waals surface area contributed by atoms with Crippen molar-refractivity contribution in [2.45, 2.75) is 32.7 Å². The van der Waals surface area contributed by atoms with Crippen molar-refractivity contribution in [1.29, 1.82) is 0 Å². The van der Waals surface area contributed by atoms with E-state index in [4.69, 9.17) is 0 Å². The van der Waals surface area contributed by atoms with Gasteiger partial charge in [-0.15, -0.1) is 0 Å².